The van der Waals surface area contributed by atoms with Gasteiger partial charge in [-0.25, -0.2) is 21.6 Å². The average molecular weight is 452 g/mol. The Morgan fingerprint density at radius 1 is 1.07 bits per heavy atom. The van der Waals surface area contributed by atoms with E-state index in [-0.39, 0.29) is 16.6 Å². The van der Waals surface area contributed by atoms with Gasteiger partial charge in [0.1, 0.15) is 17.3 Å². The minimum absolute atomic E-state index is 0.110. The molecule has 2 aromatic rings. The number of nitrogens with two attached hydrogens (primary N) is 1. The van der Waals surface area contributed by atoms with Crippen LogP contribution < -0.4 is 15.2 Å². The number of rotatable bonds is 7. The lowest BCUT2D eigenvalue weighted by atomic mass is 10.1. The molecule has 0 spiro atoms. The van der Waals surface area contributed by atoms with E-state index >= 15 is 0 Å². The van der Waals surface area contributed by atoms with Crippen LogP contribution in [0.4, 0.5) is 0 Å². The molecule has 2 aromatic carbocycles. The van der Waals surface area contributed by atoms with Crippen LogP contribution in [0, 0.1) is 5.92 Å². The van der Waals surface area contributed by atoms with Gasteiger partial charge in [-0.15, -0.1) is 0 Å². The molecule has 0 saturated heterocycles. The lowest BCUT2D eigenvalue weighted by Crippen LogP contribution is -2.27. The molecule has 0 saturated carbocycles. The summed E-state index contributed by atoms with van der Waals surface area (Å²) in [4.78, 5) is 0.110. The van der Waals surface area contributed by atoms with E-state index in [2.05, 4.69) is 9.12 Å². The van der Waals surface area contributed by atoms with Gasteiger partial charge in [-0.3, -0.25) is 0 Å². The number of nitrogens with zero attached hydrogens (tertiary/aromatic N) is 1. The molecule has 0 heterocycles. The maximum absolute atomic E-state index is 12.0. The normalized spacial score (nSPS) is 17.2. The second kappa shape index (κ2) is 8.37. The molecule has 1 unspecified atom stereocenters. The zero-order chi connectivity index (χ0) is 22.1. The molecule has 3 N–H and O–H groups in total. The summed E-state index contributed by atoms with van der Waals surface area (Å²) in [5.74, 6) is 0.879. The first-order valence-electron chi connectivity index (χ1n) is 9.44. The van der Waals surface area contributed by atoms with Crippen LogP contribution in [0.3, 0.4) is 0 Å². The van der Waals surface area contributed by atoms with Crippen molar-refractivity contribution >= 4 is 25.9 Å². The first-order valence-corrected chi connectivity index (χ1v) is 12.4. The van der Waals surface area contributed by atoms with E-state index in [0.717, 1.165) is 11.1 Å². The van der Waals surface area contributed by atoms with E-state index in [1.807, 2.05) is 12.1 Å². The lowest BCUT2D eigenvalue weighted by molar-refractivity contribution is 0.480. The van der Waals surface area contributed by atoms with E-state index in [1.54, 1.807) is 32.0 Å². The van der Waals surface area contributed by atoms with Crippen molar-refractivity contribution in [2.45, 2.75) is 36.8 Å². The van der Waals surface area contributed by atoms with Gasteiger partial charge in [0, 0.05) is 12.0 Å². The van der Waals surface area contributed by atoms with Crippen LogP contribution in [0.2, 0.25) is 0 Å². The minimum Gasteiger partial charge on any atom is -0.457 e. The summed E-state index contributed by atoms with van der Waals surface area (Å²) in [7, 11) is -5.82. The number of hydrogen-bond donors (Lipinski definition) is 2. The summed E-state index contributed by atoms with van der Waals surface area (Å²) in [6, 6.07) is 11.8. The largest absolute Gasteiger partial charge is 0.457 e. The smallest absolute Gasteiger partial charge is 0.257 e. The molecule has 0 aliphatic heterocycles. The highest BCUT2D eigenvalue weighted by Gasteiger charge is 2.27. The Morgan fingerprint density at radius 2 is 1.73 bits per heavy atom. The van der Waals surface area contributed by atoms with Crippen molar-refractivity contribution in [3.63, 3.8) is 0 Å². The highest BCUT2D eigenvalue weighted by Crippen LogP contribution is 2.32. The van der Waals surface area contributed by atoms with E-state index in [0.29, 0.717) is 24.3 Å². The van der Waals surface area contributed by atoms with E-state index in [1.165, 1.54) is 19.2 Å². The van der Waals surface area contributed by atoms with E-state index in [4.69, 9.17) is 10.5 Å². The van der Waals surface area contributed by atoms with Crippen molar-refractivity contribution in [2.75, 3.05) is 7.05 Å². The highest BCUT2D eigenvalue weighted by molar-refractivity contribution is 7.90. The van der Waals surface area contributed by atoms with Gasteiger partial charge in [-0.1, -0.05) is 12.1 Å². The molecule has 162 valence electrons. The average Bonchev–Trinajstić information content (AvgIpc) is 3.11. The van der Waals surface area contributed by atoms with Gasteiger partial charge in [0.2, 0.25) is 10.0 Å². The Hall–Kier alpha value is -2.43. The first-order chi connectivity index (χ1) is 14.0. The second-order valence-corrected chi connectivity index (χ2v) is 11.4. The number of nitrogens with one attached hydrogen (secondary N) is 1. The Labute approximate surface area is 177 Å². The van der Waals surface area contributed by atoms with Crippen molar-refractivity contribution in [3.8, 4) is 11.5 Å². The molecule has 3 rings (SSSR count). The number of amidine groups is 1. The lowest BCUT2D eigenvalue weighted by Gasteiger charge is -2.10. The van der Waals surface area contributed by atoms with Crippen molar-refractivity contribution in [1.82, 2.24) is 4.72 Å². The Balaban J connectivity index is 1.78. The molecule has 10 heteroatoms. The standard InChI is InChI=1S/C20H25N3O5S2/c1-13(2)29(24,25)23-20(21)16-9-14-7-8-18(11-15(14)10-16)28-17-5-4-6-19(12-17)30(26,27)22-3/h4-8,11-13,16,22H,9-10H2,1-3H3,(H2,21,23). The number of fused-ring (bicyclic) bond motifs is 1. The van der Waals surface area contributed by atoms with Gasteiger partial charge in [0.25, 0.3) is 10.0 Å². The van der Waals surface area contributed by atoms with Gasteiger partial charge >= 0.3 is 0 Å². The predicted octanol–water partition coefficient (Wildman–Crippen LogP) is 2.20. The molecule has 8 nitrogen and oxygen atoms in total. The maximum atomic E-state index is 12.0. The first kappa shape index (κ1) is 22.3. The Bertz CT molecular complexity index is 1190. The monoisotopic (exact) mass is 451 g/mol. The maximum Gasteiger partial charge on any atom is 0.257 e. The second-order valence-electron chi connectivity index (χ2n) is 7.40. The van der Waals surface area contributed by atoms with E-state index < -0.39 is 25.3 Å². The molecule has 1 atom stereocenters. The van der Waals surface area contributed by atoms with Gasteiger partial charge < -0.3 is 10.5 Å². The van der Waals surface area contributed by atoms with Gasteiger partial charge in [-0.2, -0.15) is 4.40 Å². The van der Waals surface area contributed by atoms with Crippen LogP contribution in [-0.2, 0) is 32.9 Å². The third-order valence-corrected chi connectivity index (χ3v) is 8.05. The number of hydrogen-bond acceptors (Lipinski definition) is 5. The van der Waals surface area contributed by atoms with Crippen LogP contribution >= 0.6 is 0 Å². The summed E-state index contributed by atoms with van der Waals surface area (Å²) in [5.41, 5.74) is 8.04. The van der Waals surface area contributed by atoms with Gasteiger partial charge in [0.15, 0.2) is 0 Å². The van der Waals surface area contributed by atoms with Crippen LogP contribution in [0.25, 0.3) is 0 Å². The molecule has 0 aromatic heterocycles. The fourth-order valence-corrected chi connectivity index (χ4v) is 4.57. The molecule has 0 fully saturated rings. The predicted molar refractivity (Wildman–Crippen MR) is 116 cm³/mol. The molecular weight excluding hydrogens is 426 g/mol. The summed E-state index contributed by atoms with van der Waals surface area (Å²) in [6.45, 7) is 3.13. The quantitative estimate of drug-likeness (QED) is 0.491. The summed E-state index contributed by atoms with van der Waals surface area (Å²) in [5, 5.41) is -0.623. The van der Waals surface area contributed by atoms with Crippen LogP contribution in [0.5, 0.6) is 11.5 Å². The number of ether oxygens (including phenoxy) is 1. The SMILES string of the molecule is CNS(=O)(=O)c1cccc(Oc2ccc3c(c2)CC(C(N)=NS(=O)(=O)C(C)C)C3)c1. The third kappa shape index (κ3) is 4.82. The van der Waals surface area contributed by atoms with Crippen LogP contribution in [0.1, 0.15) is 25.0 Å². The van der Waals surface area contributed by atoms with Gasteiger partial charge in [-0.05, 0) is 69.1 Å². The third-order valence-electron chi connectivity index (χ3n) is 4.98. The zero-order valence-corrected chi connectivity index (χ0v) is 18.6. The zero-order valence-electron chi connectivity index (χ0n) is 17.0. The molecular formula is C20H25N3O5S2. The van der Waals surface area contributed by atoms with Gasteiger partial charge in [0.05, 0.1) is 10.1 Å². The highest BCUT2D eigenvalue weighted by atomic mass is 32.2. The van der Waals surface area contributed by atoms with Crippen LogP contribution in [-0.4, -0.2) is 35.0 Å². The van der Waals surface area contributed by atoms with E-state index in [9.17, 15) is 16.8 Å². The molecule has 0 bridgehead atoms. The number of sulfonamides is 2. The summed E-state index contributed by atoms with van der Waals surface area (Å²) in [6.07, 6.45) is 1.16. The fourth-order valence-electron chi connectivity index (χ4n) is 3.15. The molecule has 1 aliphatic rings. The van der Waals surface area contributed by atoms with Crippen LogP contribution in [0.15, 0.2) is 51.8 Å². The molecule has 30 heavy (non-hydrogen) atoms. The van der Waals surface area contributed by atoms with Crippen molar-refractivity contribution in [2.24, 2.45) is 16.0 Å². The van der Waals surface area contributed by atoms with Crippen molar-refractivity contribution < 1.29 is 21.6 Å². The van der Waals surface area contributed by atoms with Crippen molar-refractivity contribution in [3.05, 3.63) is 53.6 Å². The minimum atomic E-state index is -3.61. The molecule has 0 amide bonds. The number of benzene rings is 2. The molecule has 0 radical (unpaired) electrons. The topological polar surface area (TPSA) is 128 Å². The fraction of sp³-hybridized carbons (Fsp3) is 0.350. The summed E-state index contributed by atoms with van der Waals surface area (Å²) >= 11 is 0. The summed E-state index contributed by atoms with van der Waals surface area (Å²) < 4.78 is 59.9. The Morgan fingerprint density at radius 3 is 2.40 bits per heavy atom. The van der Waals surface area contributed by atoms with Crippen molar-refractivity contribution in [1.29, 1.82) is 0 Å². The Kier molecular flexibility index (Phi) is 6.21. The molecule has 1 aliphatic carbocycles.